The van der Waals surface area contributed by atoms with Crippen LogP contribution < -0.4 is 0 Å². The number of ether oxygens (including phenoxy) is 2. The number of methoxy groups -OCH3 is 2. The van der Waals surface area contributed by atoms with E-state index in [1.807, 2.05) is 18.2 Å². The molecule has 18 heavy (non-hydrogen) atoms. The fourth-order valence-electron chi connectivity index (χ4n) is 1.53. The van der Waals surface area contributed by atoms with E-state index < -0.39 is 0 Å². The van der Waals surface area contributed by atoms with Crippen LogP contribution in [0.5, 0.6) is 0 Å². The molecule has 0 fully saturated rings. The molecule has 0 N–H and O–H groups in total. The zero-order valence-corrected chi connectivity index (χ0v) is 11.7. The summed E-state index contributed by atoms with van der Waals surface area (Å²) in [4.78, 5) is 0. The van der Waals surface area contributed by atoms with E-state index in [0.29, 0.717) is 25.0 Å². The van der Waals surface area contributed by atoms with Crippen molar-refractivity contribution in [3.8, 4) is 11.5 Å². The van der Waals surface area contributed by atoms with E-state index in [0.717, 1.165) is 15.6 Å². The maximum atomic E-state index is 5.48. The van der Waals surface area contributed by atoms with E-state index in [1.165, 1.54) is 0 Å². The molecule has 0 aliphatic heterocycles. The molecule has 5 nitrogen and oxygen atoms in total. The molecule has 0 atom stereocenters. The molecule has 6 heteroatoms. The Balaban J connectivity index is 2.28. The third-order valence-corrected chi connectivity index (χ3v) is 3.10. The minimum atomic E-state index is 0.314. The highest BCUT2D eigenvalue weighted by Crippen LogP contribution is 2.25. The van der Waals surface area contributed by atoms with Crippen LogP contribution in [0.15, 0.2) is 27.1 Å². The molecule has 96 valence electrons. The lowest BCUT2D eigenvalue weighted by molar-refractivity contribution is 0.160. The van der Waals surface area contributed by atoms with Crippen LogP contribution in [0.4, 0.5) is 0 Å². The molecule has 1 aromatic heterocycles. The lowest BCUT2D eigenvalue weighted by Gasteiger charge is -2.04. The zero-order valence-electron chi connectivity index (χ0n) is 10.1. The SMILES string of the molecule is COCc1nnc(-c2ccc(Br)c(COC)c2)o1. The average Bonchev–Trinajstić information content (AvgIpc) is 2.81. The molecule has 0 amide bonds. The van der Waals surface area contributed by atoms with E-state index >= 15 is 0 Å². The van der Waals surface area contributed by atoms with Gasteiger partial charge in [0.05, 0.1) is 6.61 Å². The van der Waals surface area contributed by atoms with E-state index in [1.54, 1.807) is 14.2 Å². The highest BCUT2D eigenvalue weighted by atomic mass is 79.9. The van der Waals surface area contributed by atoms with Gasteiger partial charge in [0.25, 0.3) is 0 Å². The molecule has 1 heterocycles. The van der Waals surface area contributed by atoms with Crippen LogP contribution in [-0.2, 0) is 22.7 Å². The van der Waals surface area contributed by atoms with Gasteiger partial charge < -0.3 is 13.9 Å². The first-order chi connectivity index (χ1) is 8.74. The van der Waals surface area contributed by atoms with Gasteiger partial charge in [0.2, 0.25) is 11.8 Å². The Hall–Kier alpha value is -1.24. The number of nitrogens with zero attached hydrogens (tertiary/aromatic N) is 2. The summed E-state index contributed by atoms with van der Waals surface area (Å²) in [6, 6.07) is 5.80. The van der Waals surface area contributed by atoms with Crippen molar-refractivity contribution < 1.29 is 13.9 Å². The van der Waals surface area contributed by atoms with E-state index in [2.05, 4.69) is 26.1 Å². The van der Waals surface area contributed by atoms with Crippen LogP contribution in [-0.4, -0.2) is 24.4 Å². The molecular formula is C12H13BrN2O3. The maximum absolute atomic E-state index is 5.48. The van der Waals surface area contributed by atoms with Gasteiger partial charge >= 0.3 is 0 Å². The first kappa shape index (κ1) is 13.2. The van der Waals surface area contributed by atoms with Crippen LogP contribution in [0, 0.1) is 0 Å². The van der Waals surface area contributed by atoms with E-state index in [-0.39, 0.29) is 0 Å². The Labute approximate surface area is 113 Å². The molecule has 0 aliphatic rings. The van der Waals surface area contributed by atoms with Gasteiger partial charge in [0.1, 0.15) is 6.61 Å². The fourth-order valence-corrected chi connectivity index (χ4v) is 1.89. The first-order valence-electron chi connectivity index (χ1n) is 5.33. The van der Waals surface area contributed by atoms with Crippen LogP contribution in [0.2, 0.25) is 0 Å². The normalized spacial score (nSPS) is 10.8. The van der Waals surface area contributed by atoms with Crippen molar-refractivity contribution in [1.29, 1.82) is 0 Å². The summed E-state index contributed by atoms with van der Waals surface area (Å²) in [5, 5.41) is 7.88. The molecule has 0 aliphatic carbocycles. The summed E-state index contributed by atoms with van der Waals surface area (Å²) in [5.41, 5.74) is 1.89. The molecule has 1 aromatic carbocycles. The van der Waals surface area contributed by atoms with Crippen molar-refractivity contribution in [3.63, 3.8) is 0 Å². The summed E-state index contributed by atoms with van der Waals surface area (Å²) in [7, 11) is 3.24. The van der Waals surface area contributed by atoms with Gasteiger partial charge in [-0.1, -0.05) is 15.9 Å². The molecule has 2 aromatic rings. The summed E-state index contributed by atoms with van der Waals surface area (Å²) < 4.78 is 16.5. The van der Waals surface area contributed by atoms with Crippen molar-refractivity contribution in [2.45, 2.75) is 13.2 Å². The second kappa shape index (κ2) is 6.08. The lowest BCUT2D eigenvalue weighted by Crippen LogP contribution is -1.90. The number of halogens is 1. The predicted octanol–water partition coefficient (Wildman–Crippen LogP) is 2.79. The van der Waals surface area contributed by atoms with Gasteiger partial charge in [0.15, 0.2) is 0 Å². The topological polar surface area (TPSA) is 57.4 Å². The second-order valence-corrected chi connectivity index (χ2v) is 4.53. The maximum Gasteiger partial charge on any atom is 0.247 e. The van der Waals surface area contributed by atoms with E-state index in [9.17, 15) is 0 Å². The highest BCUT2D eigenvalue weighted by molar-refractivity contribution is 9.10. The highest BCUT2D eigenvalue weighted by Gasteiger charge is 2.10. The van der Waals surface area contributed by atoms with Crippen molar-refractivity contribution in [2.75, 3.05) is 14.2 Å². The van der Waals surface area contributed by atoms with Crippen molar-refractivity contribution in [3.05, 3.63) is 34.1 Å². The van der Waals surface area contributed by atoms with Gasteiger partial charge in [-0.3, -0.25) is 0 Å². The lowest BCUT2D eigenvalue weighted by atomic mass is 10.1. The minimum Gasteiger partial charge on any atom is -0.418 e. The van der Waals surface area contributed by atoms with Gasteiger partial charge in [-0.2, -0.15) is 0 Å². The Kier molecular flexibility index (Phi) is 4.46. The fraction of sp³-hybridized carbons (Fsp3) is 0.333. The number of benzene rings is 1. The smallest absolute Gasteiger partial charge is 0.247 e. The van der Waals surface area contributed by atoms with Gasteiger partial charge in [-0.25, -0.2) is 0 Å². The van der Waals surface area contributed by atoms with Crippen molar-refractivity contribution in [2.24, 2.45) is 0 Å². The Morgan fingerprint density at radius 1 is 1.17 bits per heavy atom. The molecule has 0 radical (unpaired) electrons. The minimum absolute atomic E-state index is 0.314. The Morgan fingerprint density at radius 3 is 2.67 bits per heavy atom. The van der Waals surface area contributed by atoms with Crippen LogP contribution in [0.25, 0.3) is 11.5 Å². The van der Waals surface area contributed by atoms with Gasteiger partial charge in [0, 0.05) is 24.3 Å². The average molecular weight is 313 g/mol. The second-order valence-electron chi connectivity index (χ2n) is 3.67. The van der Waals surface area contributed by atoms with Crippen molar-refractivity contribution >= 4 is 15.9 Å². The van der Waals surface area contributed by atoms with Crippen LogP contribution >= 0.6 is 15.9 Å². The Morgan fingerprint density at radius 2 is 1.94 bits per heavy atom. The number of rotatable bonds is 5. The molecular weight excluding hydrogens is 300 g/mol. The van der Waals surface area contributed by atoms with Crippen LogP contribution in [0.1, 0.15) is 11.5 Å². The summed E-state index contributed by atoms with van der Waals surface area (Å²) in [6.07, 6.45) is 0. The summed E-state index contributed by atoms with van der Waals surface area (Å²) in [5.74, 6) is 0.940. The number of hydrogen-bond donors (Lipinski definition) is 0. The molecule has 0 bridgehead atoms. The monoisotopic (exact) mass is 312 g/mol. The van der Waals surface area contributed by atoms with Crippen LogP contribution in [0.3, 0.4) is 0 Å². The standard InChI is InChI=1S/C12H13BrN2O3/c1-16-6-9-5-8(3-4-10(9)13)12-15-14-11(18-12)7-17-2/h3-5H,6-7H2,1-2H3. The van der Waals surface area contributed by atoms with E-state index in [4.69, 9.17) is 13.9 Å². The number of aromatic nitrogens is 2. The number of hydrogen-bond acceptors (Lipinski definition) is 5. The Bertz CT molecular complexity index is 528. The third-order valence-electron chi connectivity index (χ3n) is 2.33. The van der Waals surface area contributed by atoms with Crippen molar-refractivity contribution in [1.82, 2.24) is 10.2 Å². The summed E-state index contributed by atoms with van der Waals surface area (Å²) in [6.45, 7) is 0.835. The molecule has 0 unspecified atom stereocenters. The molecule has 0 saturated carbocycles. The van der Waals surface area contributed by atoms with Gasteiger partial charge in [-0.15, -0.1) is 10.2 Å². The summed E-state index contributed by atoms with van der Waals surface area (Å²) >= 11 is 3.47. The third kappa shape index (κ3) is 2.95. The van der Waals surface area contributed by atoms with Gasteiger partial charge in [-0.05, 0) is 23.8 Å². The molecule has 0 saturated heterocycles. The quantitative estimate of drug-likeness (QED) is 0.849. The largest absolute Gasteiger partial charge is 0.418 e. The first-order valence-corrected chi connectivity index (χ1v) is 6.13. The predicted molar refractivity (Wildman–Crippen MR) is 68.9 cm³/mol. The molecule has 2 rings (SSSR count). The molecule has 0 spiro atoms. The zero-order chi connectivity index (χ0) is 13.0.